The normalized spacial score (nSPS) is 16.7. The first-order chi connectivity index (χ1) is 17.7. The minimum Gasteiger partial charge on any atom is -0.507 e. The van der Waals surface area contributed by atoms with Crippen LogP contribution in [0.1, 0.15) is 22.7 Å². The van der Waals surface area contributed by atoms with E-state index < -0.39 is 17.7 Å². The van der Waals surface area contributed by atoms with Gasteiger partial charge in [0.25, 0.3) is 11.7 Å². The highest BCUT2D eigenvalue weighted by atomic mass is 35.5. The number of Topliss-reactive ketones (excluding diaryl/α,β-unsaturated/α-hetero) is 1. The first kappa shape index (κ1) is 26.4. The van der Waals surface area contributed by atoms with Crippen LogP contribution in [-0.2, 0) is 16.1 Å². The van der Waals surface area contributed by atoms with Gasteiger partial charge in [-0.05, 0) is 35.9 Å². The van der Waals surface area contributed by atoms with Crippen LogP contribution < -0.4 is 14.4 Å². The maximum absolute atomic E-state index is 13.4. The maximum atomic E-state index is 13.4. The lowest BCUT2D eigenvalue weighted by molar-refractivity contribution is -0.140. The molecule has 1 atom stereocenters. The highest BCUT2D eigenvalue weighted by Crippen LogP contribution is 2.43. The van der Waals surface area contributed by atoms with Crippen LogP contribution in [0.25, 0.3) is 5.76 Å². The molecule has 192 valence electrons. The molecule has 0 aliphatic carbocycles. The van der Waals surface area contributed by atoms with Crippen LogP contribution in [0.3, 0.4) is 0 Å². The van der Waals surface area contributed by atoms with Crippen molar-refractivity contribution in [1.82, 2.24) is 4.90 Å². The number of hydrogen-bond donors (Lipinski definition) is 1. The van der Waals surface area contributed by atoms with Gasteiger partial charge in [0.15, 0.2) is 5.75 Å². The zero-order valence-electron chi connectivity index (χ0n) is 20.8. The van der Waals surface area contributed by atoms with Gasteiger partial charge in [0, 0.05) is 30.9 Å². The molecule has 1 unspecified atom stereocenters. The SMILES string of the molecule is COc1ccccc1CN1C(=O)C(=O)/C(=C(/O)c2cc(Cl)c(OC)c(Cl)c2)C1c1ccc(N(C)C)cc1. The summed E-state index contributed by atoms with van der Waals surface area (Å²) in [5.41, 5.74) is 2.46. The smallest absolute Gasteiger partial charge is 0.295 e. The fraction of sp³-hybridized carbons (Fsp3) is 0.214. The number of para-hydroxylation sites is 1. The summed E-state index contributed by atoms with van der Waals surface area (Å²) in [6, 6.07) is 16.7. The predicted octanol–water partition coefficient (Wildman–Crippen LogP) is 5.70. The van der Waals surface area contributed by atoms with E-state index in [4.69, 9.17) is 32.7 Å². The topological polar surface area (TPSA) is 79.3 Å². The van der Waals surface area contributed by atoms with E-state index in [0.717, 1.165) is 11.3 Å². The molecule has 3 aromatic carbocycles. The van der Waals surface area contributed by atoms with Crippen molar-refractivity contribution in [2.75, 3.05) is 33.2 Å². The van der Waals surface area contributed by atoms with Crippen molar-refractivity contribution >= 4 is 46.3 Å². The molecule has 1 N–H and O–H groups in total. The summed E-state index contributed by atoms with van der Waals surface area (Å²) >= 11 is 12.6. The molecule has 0 spiro atoms. The van der Waals surface area contributed by atoms with Gasteiger partial charge in [0.1, 0.15) is 11.5 Å². The molecule has 37 heavy (non-hydrogen) atoms. The predicted molar refractivity (Wildman–Crippen MR) is 145 cm³/mol. The van der Waals surface area contributed by atoms with Crippen LogP contribution in [0.2, 0.25) is 10.0 Å². The fourth-order valence-electron chi connectivity index (χ4n) is 4.41. The van der Waals surface area contributed by atoms with Gasteiger partial charge in [0.2, 0.25) is 0 Å². The van der Waals surface area contributed by atoms with E-state index >= 15 is 0 Å². The van der Waals surface area contributed by atoms with E-state index in [9.17, 15) is 14.7 Å². The summed E-state index contributed by atoms with van der Waals surface area (Å²) < 4.78 is 10.7. The lowest BCUT2D eigenvalue weighted by Gasteiger charge is -2.26. The highest BCUT2D eigenvalue weighted by Gasteiger charge is 2.46. The second kappa shape index (κ2) is 10.7. The Balaban J connectivity index is 1.89. The third-order valence-electron chi connectivity index (χ3n) is 6.27. The van der Waals surface area contributed by atoms with Crippen LogP contribution in [0.4, 0.5) is 5.69 Å². The summed E-state index contributed by atoms with van der Waals surface area (Å²) in [6.45, 7) is 0.0928. The number of carbonyl (C=O) groups excluding carboxylic acids is 2. The van der Waals surface area contributed by atoms with Gasteiger partial charge >= 0.3 is 0 Å². The van der Waals surface area contributed by atoms with Gasteiger partial charge in [-0.3, -0.25) is 9.59 Å². The average molecular weight is 541 g/mol. The van der Waals surface area contributed by atoms with Crippen LogP contribution in [0.15, 0.2) is 66.2 Å². The van der Waals surface area contributed by atoms with E-state index in [1.54, 1.807) is 13.2 Å². The van der Waals surface area contributed by atoms with E-state index in [-0.39, 0.29) is 39.2 Å². The molecule has 1 heterocycles. The zero-order valence-corrected chi connectivity index (χ0v) is 22.3. The summed E-state index contributed by atoms with van der Waals surface area (Å²) in [7, 11) is 6.80. The second-order valence-corrected chi connectivity index (χ2v) is 9.51. The summed E-state index contributed by atoms with van der Waals surface area (Å²) in [5, 5.41) is 11.7. The minimum atomic E-state index is -0.860. The van der Waals surface area contributed by atoms with Crippen LogP contribution >= 0.6 is 23.2 Å². The number of anilines is 1. The number of nitrogens with zero attached hydrogens (tertiary/aromatic N) is 2. The number of amides is 1. The molecule has 0 radical (unpaired) electrons. The molecular formula is C28H26Cl2N2O5. The van der Waals surface area contributed by atoms with E-state index in [0.29, 0.717) is 11.3 Å². The number of ether oxygens (including phenoxy) is 2. The average Bonchev–Trinajstić information content (AvgIpc) is 3.13. The summed E-state index contributed by atoms with van der Waals surface area (Å²) in [4.78, 5) is 30.1. The number of carbonyl (C=O) groups is 2. The van der Waals surface area contributed by atoms with Crippen molar-refractivity contribution in [1.29, 1.82) is 0 Å². The molecule has 4 rings (SSSR count). The number of aliphatic hydroxyl groups excluding tert-OH is 1. The number of benzene rings is 3. The molecular weight excluding hydrogens is 515 g/mol. The van der Waals surface area contributed by atoms with Crippen molar-refractivity contribution in [2.45, 2.75) is 12.6 Å². The van der Waals surface area contributed by atoms with Gasteiger partial charge in [-0.25, -0.2) is 0 Å². The molecule has 3 aromatic rings. The second-order valence-electron chi connectivity index (χ2n) is 8.70. The number of hydrogen-bond acceptors (Lipinski definition) is 6. The molecule has 7 nitrogen and oxygen atoms in total. The Labute approximate surface area is 225 Å². The monoisotopic (exact) mass is 540 g/mol. The van der Waals surface area contributed by atoms with Gasteiger partial charge in [-0.1, -0.05) is 53.5 Å². The lowest BCUT2D eigenvalue weighted by atomic mass is 9.94. The van der Waals surface area contributed by atoms with Crippen molar-refractivity contribution in [3.8, 4) is 11.5 Å². The minimum absolute atomic E-state index is 0.0604. The number of aliphatic hydroxyl groups is 1. The Morgan fingerprint density at radius 1 is 0.973 bits per heavy atom. The Morgan fingerprint density at radius 3 is 2.16 bits per heavy atom. The van der Waals surface area contributed by atoms with Crippen LogP contribution in [-0.4, -0.2) is 50.0 Å². The first-order valence-corrected chi connectivity index (χ1v) is 12.1. The molecule has 0 saturated carbocycles. The third-order valence-corrected chi connectivity index (χ3v) is 6.84. The largest absolute Gasteiger partial charge is 0.507 e. The quantitative estimate of drug-likeness (QED) is 0.235. The van der Waals surface area contributed by atoms with Gasteiger partial charge in [0.05, 0.1) is 42.4 Å². The van der Waals surface area contributed by atoms with Gasteiger partial charge in [-0.2, -0.15) is 0 Å². The van der Waals surface area contributed by atoms with Crippen molar-refractivity contribution < 1.29 is 24.2 Å². The maximum Gasteiger partial charge on any atom is 0.295 e. The molecule has 1 fully saturated rings. The molecule has 0 aromatic heterocycles. The lowest BCUT2D eigenvalue weighted by Crippen LogP contribution is -2.29. The number of likely N-dealkylation sites (tertiary alicyclic amines) is 1. The molecule has 1 aliphatic heterocycles. The van der Waals surface area contributed by atoms with Crippen molar-refractivity contribution in [2.24, 2.45) is 0 Å². The summed E-state index contributed by atoms with van der Waals surface area (Å²) in [6.07, 6.45) is 0. The fourth-order valence-corrected chi connectivity index (χ4v) is 5.05. The molecule has 1 saturated heterocycles. The first-order valence-electron chi connectivity index (χ1n) is 11.4. The van der Waals surface area contributed by atoms with Crippen molar-refractivity contribution in [3.05, 3.63) is 93.0 Å². The van der Waals surface area contributed by atoms with Gasteiger partial charge in [-0.15, -0.1) is 0 Å². The number of ketones is 1. The van der Waals surface area contributed by atoms with E-state index in [1.807, 2.05) is 61.5 Å². The Kier molecular flexibility index (Phi) is 7.66. The summed E-state index contributed by atoms with van der Waals surface area (Å²) in [5.74, 6) is -1.10. The van der Waals surface area contributed by atoms with E-state index in [2.05, 4.69) is 0 Å². The van der Waals surface area contributed by atoms with Crippen molar-refractivity contribution in [3.63, 3.8) is 0 Å². The molecule has 1 aliphatic rings. The molecule has 1 amide bonds. The highest BCUT2D eigenvalue weighted by molar-refractivity contribution is 6.46. The van der Waals surface area contributed by atoms with Gasteiger partial charge < -0.3 is 24.4 Å². The van der Waals surface area contributed by atoms with Crippen LogP contribution in [0, 0.1) is 0 Å². The Morgan fingerprint density at radius 2 is 1.59 bits per heavy atom. The third kappa shape index (κ3) is 4.97. The van der Waals surface area contributed by atoms with Crippen LogP contribution in [0.5, 0.6) is 11.5 Å². The number of rotatable bonds is 7. The zero-order chi connectivity index (χ0) is 26.9. The molecule has 0 bridgehead atoms. The van der Waals surface area contributed by atoms with E-state index in [1.165, 1.54) is 24.1 Å². The Bertz CT molecular complexity index is 1360. The Hall–Kier alpha value is -3.68. The standard InChI is InChI=1S/C28H26Cl2N2O5/c1-31(2)19-11-9-16(10-12-19)24-23(25(33)18-13-20(29)27(37-4)21(30)14-18)26(34)28(35)32(24)15-17-7-5-6-8-22(17)36-3/h5-14,24,33H,15H2,1-4H3/b25-23+. The number of halogens is 2. The number of methoxy groups -OCH3 is 2. The molecule has 9 heteroatoms.